The van der Waals surface area contributed by atoms with Gasteiger partial charge in [-0.05, 0) is 44.5 Å². The normalized spacial score (nSPS) is 20.1. The predicted molar refractivity (Wildman–Crippen MR) is 81.1 cm³/mol. The van der Waals surface area contributed by atoms with Crippen molar-refractivity contribution >= 4 is 0 Å². The number of nitrogens with zero attached hydrogens (tertiary/aromatic N) is 1. The molecular weight excluding hydrogens is 252 g/mol. The van der Waals surface area contributed by atoms with Crippen LogP contribution in [0.3, 0.4) is 0 Å². The van der Waals surface area contributed by atoms with Crippen molar-refractivity contribution in [2.45, 2.75) is 25.8 Å². The summed E-state index contributed by atoms with van der Waals surface area (Å²) in [4.78, 5) is 2.38. The molecule has 1 aromatic rings. The van der Waals surface area contributed by atoms with E-state index in [0.29, 0.717) is 6.61 Å². The van der Waals surface area contributed by atoms with E-state index in [4.69, 9.17) is 4.74 Å². The molecule has 1 aliphatic rings. The van der Waals surface area contributed by atoms with Crippen molar-refractivity contribution in [1.29, 1.82) is 0 Å². The maximum absolute atomic E-state index is 9.96. The average molecular weight is 278 g/mol. The molecule has 2 rings (SSSR count). The van der Waals surface area contributed by atoms with Gasteiger partial charge in [0.1, 0.15) is 5.75 Å². The van der Waals surface area contributed by atoms with Crippen LogP contribution in [0.4, 0.5) is 0 Å². The first-order valence-electron chi connectivity index (χ1n) is 7.50. The molecule has 2 N–H and O–H groups in total. The first-order valence-corrected chi connectivity index (χ1v) is 7.50. The van der Waals surface area contributed by atoms with Gasteiger partial charge in [0.2, 0.25) is 0 Å². The zero-order valence-electron chi connectivity index (χ0n) is 12.6. The second-order valence-electron chi connectivity index (χ2n) is 5.48. The van der Waals surface area contributed by atoms with Gasteiger partial charge < -0.3 is 15.2 Å². The first-order chi connectivity index (χ1) is 9.70. The summed E-state index contributed by atoms with van der Waals surface area (Å²) in [5.41, 5.74) is 0.821. The van der Waals surface area contributed by atoms with E-state index >= 15 is 0 Å². The van der Waals surface area contributed by atoms with Gasteiger partial charge in [-0.15, -0.1) is 0 Å². The van der Waals surface area contributed by atoms with Crippen LogP contribution in [-0.2, 0) is 5.54 Å². The maximum Gasteiger partial charge on any atom is 0.119 e. The second kappa shape index (κ2) is 7.07. The molecule has 4 heteroatoms. The van der Waals surface area contributed by atoms with Crippen LogP contribution in [0.15, 0.2) is 24.3 Å². The summed E-state index contributed by atoms with van der Waals surface area (Å²) in [5, 5.41) is 13.4. The van der Waals surface area contributed by atoms with Crippen molar-refractivity contribution < 1.29 is 9.84 Å². The first kappa shape index (κ1) is 15.3. The molecule has 0 aromatic heterocycles. The molecule has 4 nitrogen and oxygen atoms in total. The summed E-state index contributed by atoms with van der Waals surface area (Å²) in [6.45, 7) is 8.91. The molecular formula is C16H26N2O2. The number of ether oxygens (including phenoxy) is 1. The van der Waals surface area contributed by atoms with Crippen molar-refractivity contribution in [2.24, 2.45) is 0 Å². The number of hydrogen-bond donors (Lipinski definition) is 2. The molecule has 1 aromatic carbocycles. The molecule has 1 saturated heterocycles. The molecule has 0 aliphatic carbocycles. The molecule has 1 heterocycles. The number of aliphatic hydroxyl groups excluding tert-OH is 1. The lowest BCUT2D eigenvalue weighted by Gasteiger charge is -2.40. The number of benzene rings is 1. The van der Waals surface area contributed by atoms with Gasteiger partial charge in [0.05, 0.1) is 18.8 Å². The molecule has 0 saturated carbocycles. The van der Waals surface area contributed by atoms with Gasteiger partial charge in [0.25, 0.3) is 0 Å². The van der Waals surface area contributed by atoms with Crippen molar-refractivity contribution in [3.05, 3.63) is 29.8 Å². The van der Waals surface area contributed by atoms with Gasteiger partial charge in [-0.2, -0.15) is 0 Å². The van der Waals surface area contributed by atoms with E-state index in [0.717, 1.165) is 43.9 Å². The van der Waals surface area contributed by atoms with Gasteiger partial charge in [-0.1, -0.05) is 12.1 Å². The quantitative estimate of drug-likeness (QED) is 0.858. The van der Waals surface area contributed by atoms with Gasteiger partial charge in [0, 0.05) is 19.6 Å². The van der Waals surface area contributed by atoms with Crippen LogP contribution in [0.1, 0.15) is 25.8 Å². The zero-order chi connectivity index (χ0) is 14.4. The van der Waals surface area contributed by atoms with E-state index < -0.39 is 0 Å². The third kappa shape index (κ3) is 3.32. The molecule has 20 heavy (non-hydrogen) atoms. The monoisotopic (exact) mass is 278 g/mol. The van der Waals surface area contributed by atoms with Gasteiger partial charge in [0.15, 0.2) is 0 Å². The molecule has 0 radical (unpaired) electrons. The lowest BCUT2D eigenvalue weighted by atomic mass is 9.90. The van der Waals surface area contributed by atoms with Crippen LogP contribution in [0, 0.1) is 0 Å². The summed E-state index contributed by atoms with van der Waals surface area (Å²) in [6, 6.07) is 8.12. The molecule has 1 fully saturated rings. The Kier molecular flexibility index (Phi) is 5.40. The van der Waals surface area contributed by atoms with Crippen LogP contribution in [-0.4, -0.2) is 49.4 Å². The Morgan fingerprint density at radius 2 is 2.00 bits per heavy atom. The maximum atomic E-state index is 9.96. The summed E-state index contributed by atoms with van der Waals surface area (Å²) in [5.74, 6) is 0.883. The highest BCUT2D eigenvalue weighted by Crippen LogP contribution is 2.29. The van der Waals surface area contributed by atoms with Crippen molar-refractivity contribution in [3.63, 3.8) is 0 Å². The van der Waals surface area contributed by atoms with Crippen LogP contribution >= 0.6 is 0 Å². The minimum Gasteiger partial charge on any atom is -0.494 e. The van der Waals surface area contributed by atoms with Crippen molar-refractivity contribution in [2.75, 3.05) is 39.4 Å². The third-order valence-corrected chi connectivity index (χ3v) is 4.13. The Balaban J connectivity index is 2.19. The smallest absolute Gasteiger partial charge is 0.119 e. The molecule has 112 valence electrons. The lowest BCUT2D eigenvalue weighted by molar-refractivity contribution is 0.0452. The van der Waals surface area contributed by atoms with E-state index in [9.17, 15) is 5.11 Å². The number of rotatable bonds is 5. The average Bonchev–Trinajstić information content (AvgIpc) is 2.77. The minimum absolute atomic E-state index is 0.126. The van der Waals surface area contributed by atoms with Gasteiger partial charge in [-0.25, -0.2) is 0 Å². The highest BCUT2D eigenvalue weighted by atomic mass is 16.5. The van der Waals surface area contributed by atoms with E-state index in [2.05, 4.69) is 29.3 Å². The van der Waals surface area contributed by atoms with Crippen LogP contribution in [0.25, 0.3) is 0 Å². The van der Waals surface area contributed by atoms with Gasteiger partial charge in [-0.3, -0.25) is 4.90 Å². The van der Waals surface area contributed by atoms with E-state index in [1.54, 1.807) is 0 Å². The fraction of sp³-hybridized carbons (Fsp3) is 0.625. The van der Waals surface area contributed by atoms with E-state index in [1.165, 1.54) is 0 Å². The molecule has 1 aliphatic heterocycles. The topological polar surface area (TPSA) is 44.7 Å². The Morgan fingerprint density at radius 1 is 1.25 bits per heavy atom. The van der Waals surface area contributed by atoms with Crippen LogP contribution in [0.5, 0.6) is 5.75 Å². The van der Waals surface area contributed by atoms with Crippen molar-refractivity contribution in [3.8, 4) is 5.75 Å². The largest absolute Gasteiger partial charge is 0.494 e. The third-order valence-electron chi connectivity index (χ3n) is 4.13. The Morgan fingerprint density at radius 3 is 2.65 bits per heavy atom. The van der Waals surface area contributed by atoms with Crippen LogP contribution < -0.4 is 10.1 Å². The van der Waals surface area contributed by atoms with Crippen LogP contribution in [0.2, 0.25) is 0 Å². The molecule has 1 atom stereocenters. The second-order valence-corrected chi connectivity index (χ2v) is 5.48. The number of aliphatic hydroxyl groups is 1. The predicted octanol–water partition coefficient (Wildman–Crippen LogP) is 1.59. The standard InChI is InChI=1S/C16H26N2O2/c1-3-20-15-7-5-14(6-8-15)16(2,13-19)18-11-4-9-17-10-12-18/h5-8,17,19H,3-4,9-13H2,1-2H3. The Labute approximate surface area is 121 Å². The molecule has 0 spiro atoms. The SMILES string of the molecule is CCOc1ccc(C(C)(CO)N2CCCNCC2)cc1. The van der Waals surface area contributed by atoms with Gasteiger partial charge >= 0.3 is 0 Å². The Hall–Kier alpha value is -1.10. The van der Waals surface area contributed by atoms with E-state index in [1.807, 2.05) is 19.1 Å². The molecule has 0 amide bonds. The highest BCUT2D eigenvalue weighted by molar-refractivity contribution is 5.32. The highest BCUT2D eigenvalue weighted by Gasteiger charge is 2.33. The molecule has 1 unspecified atom stereocenters. The number of hydrogen-bond acceptors (Lipinski definition) is 4. The fourth-order valence-corrected chi connectivity index (χ4v) is 2.79. The summed E-state index contributed by atoms with van der Waals surface area (Å²) in [6.07, 6.45) is 1.12. The van der Waals surface area contributed by atoms with E-state index in [-0.39, 0.29) is 12.1 Å². The minimum atomic E-state index is -0.323. The lowest BCUT2D eigenvalue weighted by Crippen LogP contribution is -2.48. The van der Waals surface area contributed by atoms with Crippen molar-refractivity contribution in [1.82, 2.24) is 10.2 Å². The summed E-state index contributed by atoms with van der Waals surface area (Å²) in [7, 11) is 0. The summed E-state index contributed by atoms with van der Waals surface area (Å²) >= 11 is 0. The summed E-state index contributed by atoms with van der Waals surface area (Å²) < 4.78 is 5.49. The Bertz CT molecular complexity index is 399. The fourth-order valence-electron chi connectivity index (χ4n) is 2.79. The molecule has 0 bridgehead atoms. The number of nitrogens with one attached hydrogen (secondary N) is 1. The zero-order valence-corrected chi connectivity index (χ0v) is 12.6.